The summed E-state index contributed by atoms with van der Waals surface area (Å²) in [5.74, 6) is -0.974. The normalized spacial score (nSPS) is 14.5. The molecule has 9 nitrogen and oxygen atoms in total. The van der Waals surface area contributed by atoms with Gasteiger partial charge in [-0.3, -0.25) is 4.79 Å². The van der Waals surface area contributed by atoms with Crippen LogP contribution < -0.4 is 4.90 Å². The van der Waals surface area contributed by atoms with E-state index in [1.54, 1.807) is 18.2 Å². The number of thioether (sulfide) groups is 1. The molecule has 0 atom stereocenters. The molecule has 160 valence electrons. The first-order valence-electron chi connectivity index (χ1n) is 9.83. The predicted octanol–water partition coefficient (Wildman–Crippen LogP) is 2.09. The first kappa shape index (κ1) is 21.0. The highest BCUT2D eigenvalue weighted by Gasteiger charge is 2.18. The number of hydrogen-bond donors (Lipinski definition) is 1. The highest BCUT2D eigenvalue weighted by molar-refractivity contribution is 7.99. The molecule has 1 N–H and O–H groups in total. The number of carboxylic acid groups (broad SMARTS) is 1. The molecule has 0 bridgehead atoms. The van der Waals surface area contributed by atoms with E-state index in [1.807, 2.05) is 24.3 Å². The van der Waals surface area contributed by atoms with E-state index >= 15 is 0 Å². The predicted molar refractivity (Wildman–Crippen MR) is 117 cm³/mol. The molecule has 1 aliphatic heterocycles. The van der Waals surface area contributed by atoms with Crippen molar-refractivity contribution < 1.29 is 14.7 Å². The Morgan fingerprint density at radius 3 is 2.45 bits per heavy atom. The number of carbonyl (C=O) groups excluding carboxylic acids is 1. The fourth-order valence-corrected chi connectivity index (χ4v) is 4.17. The van der Waals surface area contributed by atoms with Gasteiger partial charge in [0.1, 0.15) is 0 Å². The van der Waals surface area contributed by atoms with Gasteiger partial charge in [0.05, 0.1) is 17.0 Å². The van der Waals surface area contributed by atoms with E-state index in [9.17, 15) is 14.7 Å². The van der Waals surface area contributed by atoms with Crippen molar-refractivity contribution in [2.45, 2.75) is 5.16 Å². The van der Waals surface area contributed by atoms with Crippen molar-refractivity contribution in [3.8, 4) is 5.69 Å². The Labute approximate surface area is 183 Å². The van der Waals surface area contributed by atoms with Gasteiger partial charge in [-0.25, -0.2) is 4.79 Å². The first-order valence-corrected chi connectivity index (χ1v) is 10.8. The number of likely N-dealkylation sites (N-methyl/N-ethyl adjacent to an activating group) is 1. The van der Waals surface area contributed by atoms with Gasteiger partial charge in [0.15, 0.2) is 5.78 Å². The van der Waals surface area contributed by atoms with Crippen molar-refractivity contribution in [2.75, 3.05) is 43.9 Å². The number of carboxylic acids is 1. The molecule has 0 saturated carbocycles. The Balaban J connectivity index is 1.42. The largest absolute Gasteiger partial charge is 0.478 e. The Morgan fingerprint density at radius 1 is 1.03 bits per heavy atom. The number of benzene rings is 2. The van der Waals surface area contributed by atoms with Crippen molar-refractivity contribution in [3.63, 3.8) is 0 Å². The van der Waals surface area contributed by atoms with E-state index in [-0.39, 0.29) is 17.1 Å². The molecule has 1 fully saturated rings. The molecule has 3 aromatic rings. The fraction of sp³-hybridized carbons (Fsp3) is 0.286. The monoisotopic (exact) mass is 438 g/mol. The van der Waals surface area contributed by atoms with Gasteiger partial charge in [0.2, 0.25) is 5.16 Å². The number of aromatic nitrogens is 4. The first-order chi connectivity index (χ1) is 15.0. The van der Waals surface area contributed by atoms with Crippen LogP contribution in [0, 0.1) is 0 Å². The number of ketones is 1. The third kappa shape index (κ3) is 4.75. The zero-order chi connectivity index (χ0) is 21.8. The Hall–Kier alpha value is -3.24. The van der Waals surface area contributed by atoms with E-state index in [4.69, 9.17) is 0 Å². The van der Waals surface area contributed by atoms with E-state index in [1.165, 1.54) is 22.5 Å². The summed E-state index contributed by atoms with van der Waals surface area (Å²) in [5.41, 5.74) is 2.18. The van der Waals surface area contributed by atoms with Crippen LogP contribution in [0.25, 0.3) is 5.69 Å². The molecule has 0 amide bonds. The number of piperazine rings is 1. The van der Waals surface area contributed by atoms with Crippen LogP contribution in [0.2, 0.25) is 0 Å². The number of aromatic carboxylic acids is 1. The maximum absolute atomic E-state index is 12.7. The van der Waals surface area contributed by atoms with Gasteiger partial charge in [-0.2, -0.15) is 4.68 Å². The van der Waals surface area contributed by atoms with Gasteiger partial charge >= 0.3 is 5.97 Å². The van der Waals surface area contributed by atoms with Crippen molar-refractivity contribution in [1.29, 1.82) is 0 Å². The van der Waals surface area contributed by atoms with E-state index < -0.39 is 5.97 Å². The highest BCUT2D eigenvalue weighted by atomic mass is 32.2. The second-order valence-electron chi connectivity index (χ2n) is 7.24. The third-order valence-electron chi connectivity index (χ3n) is 5.19. The Morgan fingerprint density at radius 2 is 1.74 bits per heavy atom. The molecule has 10 heteroatoms. The minimum absolute atomic E-state index is 0.0454. The number of anilines is 1. The van der Waals surface area contributed by atoms with Gasteiger partial charge in [0.25, 0.3) is 0 Å². The second-order valence-corrected chi connectivity index (χ2v) is 8.19. The van der Waals surface area contributed by atoms with Crippen LogP contribution in [-0.2, 0) is 0 Å². The van der Waals surface area contributed by atoms with Crippen LogP contribution in [0.5, 0.6) is 0 Å². The molecular weight excluding hydrogens is 416 g/mol. The average molecular weight is 439 g/mol. The lowest BCUT2D eigenvalue weighted by Gasteiger charge is -2.34. The molecule has 2 heterocycles. The molecule has 1 saturated heterocycles. The fourth-order valence-electron chi connectivity index (χ4n) is 3.40. The SMILES string of the molecule is CN1CCN(c2ccc(C(=O)CSc3nnnn3-c3ccccc3C(=O)O)cc2)CC1. The van der Waals surface area contributed by atoms with Crippen molar-refractivity contribution in [2.24, 2.45) is 0 Å². The summed E-state index contributed by atoms with van der Waals surface area (Å²) in [6.07, 6.45) is 0. The maximum Gasteiger partial charge on any atom is 0.337 e. The summed E-state index contributed by atoms with van der Waals surface area (Å²) in [5, 5.41) is 21.3. The van der Waals surface area contributed by atoms with Gasteiger partial charge in [-0.1, -0.05) is 23.9 Å². The zero-order valence-corrected chi connectivity index (χ0v) is 17.8. The summed E-state index contributed by atoms with van der Waals surface area (Å²) in [7, 11) is 2.12. The van der Waals surface area contributed by atoms with Gasteiger partial charge in [-0.05, 0) is 53.9 Å². The van der Waals surface area contributed by atoms with Crippen molar-refractivity contribution >= 4 is 29.2 Å². The lowest BCUT2D eigenvalue weighted by atomic mass is 10.1. The Bertz CT molecular complexity index is 1080. The molecule has 31 heavy (non-hydrogen) atoms. The van der Waals surface area contributed by atoms with Crippen LogP contribution in [-0.4, -0.2) is 80.9 Å². The molecule has 0 aliphatic carbocycles. The summed E-state index contributed by atoms with van der Waals surface area (Å²) in [6, 6.07) is 14.1. The average Bonchev–Trinajstić information content (AvgIpc) is 3.26. The summed E-state index contributed by atoms with van der Waals surface area (Å²) >= 11 is 1.17. The summed E-state index contributed by atoms with van der Waals surface area (Å²) in [4.78, 5) is 28.8. The van der Waals surface area contributed by atoms with Crippen molar-refractivity contribution in [3.05, 3.63) is 59.7 Å². The number of Topliss-reactive ketones (excluding diaryl/α,β-unsaturated/α-hetero) is 1. The molecule has 0 radical (unpaired) electrons. The second kappa shape index (κ2) is 9.27. The molecule has 1 aromatic heterocycles. The number of para-hydroxylation sites is 1. The zero-order valence-electron chi connectivity index (χ0n) is 17.0. The molecule has 0 spiro atoms. The number of rotatable bonds is 7. The van der Waals surface area contributed by atoms with E-state index in [0.717, 1.165) is 31.9 Å². The topological polar surface area (TPSA) is 104 Å². The minimum Gasteiger partial charge on any atom is -0.478 e. The highest BCUT2D eigenvalue weighted by Crippen LogP contribution is 2.23. The van der Waals surface area contributed by atoms with Crippen molar-refractivity contribution in [1.82, 2.24) is 25.1 Å². The van der Waals surface area contributed by atoms with E-state index in [2.05, 4.69) is 32.4 Å². The third-order valence-corrected chi connectivity index (χ3v) is 6.11. The van der Waals surface area contributed by atoms with Crippen LogP contribution >= 0.6 is 11.8 Å². The molecule has 1 aliphatic rings. The molecule has 2 aromatic carbocycles. The van der Waals surface area contributed by atoms with Crippen LogP contribution in [0.1, 0.15) is 20.7 Å². The molecular formula is C21H22N6O3S. The van der Waals surface area contributed by atoms with Crippen LogP contribution in [0.4, 0.5) is 5.69 Å². The van der Waals surface area contributed by atoms with E-state index in [0.29, 0.717) is 16.4 Å². The molecule has 4 rings (SSSR count). The summed E-state index contributed by atoms with van der Waals surface area (Å²) in [6.45, 7) is 3.99. The lowest BCUT2D eigenvalue weighted by molar-refractivity contribution is 0.0696. The van der Waals surface area contributed by atoms with Crippen LogP contribution in [0.15, 0.2) is 53.7 Å². The van der Waals surface area contributed by atoms with Gasteiger partial charge < -0.3 is 14.9 Å². The van der Waals surface area contributed by atoms with Crippen LogP contribution in [0.3, 0.4) is 0 Å². The standard InChI is InChI=1S/C21H22N6O3S/c1-25-10-12-26(13-11-25)16-8-6-15(7-9-16)19(28)14-31-21-22-23-24-27(21)18-5-3-2-4-17(18)20(29)30/h2-9H,10-14H2,1H3,(H,29,30). The minimum atomic E-state index is -1.07. The van der Waals surface area contributed by atoms with Gasteiger partial charge in [-0.15, -0.1) is 5.10 Å². The van der Waals surface area contributed by atoms with Gasteiger partial charge in [0, 0.05) is 37.4 Å². The number of tetrazole rings is 1. The maximum atomic E-state index is 12.7. The smallest absolute Gasteiger partial charge is 0.337 e. The Kier molecular flexibility index (Phi) is 6.28. The lowest BCUT2D eigenvalue weighted by Crippen LogP contribution is -2.44. The molecule has 0 unspecified atom stereocenters. The summed E-state index contributed by atoms with van der Waals surface area (Å²) < 4.78 is 1.35. The number of nitrogens with zero attached hydrogens (tertiary/aromatic N) is 6. The quantitative estimate of drug-likeness (QED) is 0.438. The number of carbonyl (C=O) groups is 2. The number of hydrogen-bond acceptors (Lipinski definition) is 8.